The van der Waals surface area contributed by atoms with Gasteiger partial charge in [0.15, 0.2) is 5.82 Å². The van der Waals surface area contributed by atoms with Crippen molar-refractivity contribution >= 4 is 0 Å². The highest BCUT2D eigenvalue weighted by molar-refractivity contribution is 5.87. The van der Waals surface area contributed by atoms with Crippen molar-refractivity contribution in [2.45, 2.75) is 5.41 Å². The van der Waals surface area contributed by atoms with Gasteiger partial charge in [0.2, 0.25) is 0 Å². The van der Waals surface area contributed by atoms with Crippen LogP contribution < -0.4 is 0 Å². The molecule has 0 atom stereocenters. The van der Waals surface area contributed by atoms with E-state index in [0.717, 1.165) is 39.2 Å². The Bertz CT molecular complexity index is 3130. The van der Waals surface area contributed by atoms with E-state index < -0.39 is 5.41 Å². The third-order valence-electron chi connectivity index (χ3n) is 12.2. The number of benzene rings is 9. The van der Waals surface area contributed by atoms with Crippen LogP contribution in [0.1, 0.15) is 22.3 Å². The number of hydrogen-bond donors (Lipinski definition) is 0. The number of nitrogens with zero attached hydrogens (tertiary/aromatic N) is 2. The van der Waals surface area contributed by atoms with Crippen molar-refractivity contribution in [3.05, 3.63) is 265 Å². The average molecular weight is 777 g/mol. The molecule has 9 aromatic carbocycles. The molecule has 0 fully saturated rings. The van der Waals surface area contributed by atoms with Gasteiger partial charge < -0.3 is 0 Å². The van der Waals surface area contributed by atoms with Gasteiger partial charge in [0.05, 0.1) is 16.8 Å². The highest BCUT2D eigenvalue weighted by Crippen LogP contribution is 2.56. The van der Waals surface area contributed by atoms with Crippen molar-refractivity contribution in [1.29, 1.82) is 0 Å². The summed E-state index contributed by atoms with van der Waals surface area (Å²) in [7, 11) is 0. The highest BCUT2D eigenvalue weighted by Gasteiger charge is 2.45. The van der Waals surface area contributed by atoms with Gasteiger partial charge in [-0.2, -0.15) is 0 Å². The fourth-order valence-electron chi connectivity index (χ4n) is 9.30. The zero-order valence-corrected chi connectivity index (χ0v) is 33.5. The summed E-state index contributed by atoms with van der Waals surface area (Å²) in [5, 5.41) is 0. The molecule has 0 saturated heterocycles. The molecule has 61 heavy (non-hydrogen) atoms. The first-order valence-corrected chi connectivity index (χ1v) is 20.9. The van der Waals surface area contributed by atoms with Crippen molar-refractivity contribution in [1.82, 2.24) is 9.97 Å². The van der Waals surface area contributed by atoms with Crippen LogP contribution in [0, 0.1) is 0 Å². The number of fused-ring (bicyclic) bond motifs is 3. The van der Waals surface area contributed by atoms with E-state index in [2.05, 4.69) is 218 Å². The molecule has 11 rings (SSSR count). The molecular weight excluding hydrogens is 737 g/mol. The van der Waals surface area contributed by atoms with Crippen LogP contribution in [0.25, 0.3) is 78.4 Å². The number of rotatable bonds is 8. The van der Waals surface area contributed by atoms with Crippen LogP contribution >= 0.6 is 0 Å². The molecule has 0 saturated carbocycles. The Balaban J connectivity index is 0.982. The van der Waals surface area contributed by atoms with Crippen LogP contribution in [-0.2, 0) is 5.41 Å². The van der Waals surface area contributed by atoms with E-state index in [1.165, 1.54) is 55.6 Å². The molecule has 1 aromatic heterocycles. The maximum atomic E-state index is 5.16. The molecule has 2 heteroatoms. The largest absolute Gasteiger partial charge is 0.228 e. The van der Waals surface area contributed by atoms with Crippen LogP contribution in [0.3, 0.4) is 0 Å². The Morgan fingerprint density at radius 2 is 0.639 bits per heavy atom. The molecule has 2 nitrogen and oxygen atoms in total. The molecule has 0 amide bonds. The molecule has 0 bridgehead atoms. The van der Waals surface area contributed by atoms with Gasteiger partial charge in [0, 0.05) is 16.7 Å². The second-order valence-electron chi connectivity index (χ2n) is 15.7. The van der Waals surface area contributed by atoms with Crippen molar-refractivity contribution in [3.63, 3.8) is 0 Å². The van der Waals surface area contributed by atoms with E-state index in [1.807, 2.05) is 24.3 Å². The van der Waals surface area contributed by atoms with Crippen LogP contribution in [0.15, 0.2) is 243 Å². The van der Waals surface area contributed by atoms with Crippen molar-refractivity contribution in [3.8, 4) is 78.4 Å². The van der Waals surface area contributed by atoms with Crippen LogP contribution in [-0.4, -0.2) is 9.97 Å². The summed E-state index contributed by atoms with van der Waals surface area (Å²) >= 11 is 0. The summed E-state index contributed by atoms with van der Waals surface area (Å²) in [5.74, 6) is 0.702. The lowest BCUT2D eigenvalue weighted by Crippen LogP contribution is -2.28. The molecule has 0 unspecified atom stereocenters. The van der Waals surface area contributed by atoms with Crippen LogP contribution in [0.5, 0.6) is 0 Å². The number of hydrogen-bond acceptors (Lipinski definition) is 2. The van der Waals surface area contributed by atoms with E-state index in [9.17, 15) is 0 Å². The topological polar surface area (TPSA) is 25.8 Å². The fourth-order valence-corrected chi connectivity index (χ4v) is 9.30. The zero-order valence-electron chi connectivity index (χ0n) is 33.5. The van der Waals surface area contributed by atoms with Crippen molar-refractivity contribution in [2.75, 3.05) is 0 Å². The predicted octanol–water partition coefficient (Wildman–Crippen LogP) is 14.8. The van der Waals surface area contributed by atoms with E-state index >= 15 is 0 Å². The quantitative estimate of drug-likeness (QED) is 0.154. The normalized spacial score (nSPS) is 12.4. The molecule has 1 heterocycles. The summed E-state index contributed by atoms with van der Waals surface area (Å²) in [6.07, 6.45) is 0. The minimum Gasteiger partial charge on any atom is -0.228 e. The SMILES string of the molecule is c1ccc(-c2ccc(-c3cc(-c4cccc(-c5cccc(-c6cccc(C7(c8ccccc8)c8ccccc8-c8ccccc87)c6)c5)c4)nc(-c4ccccc4)n3)cc2)cc1. The molecule has 1 aliphatic carbocycles. The smallest absolute Gasteiger partial charge is 0.160 e. The van der Waals surface area contributed by atoms with Crippen molar-refractivity contribution < 1.29 is 0 Å². The Morgan fingerprint density at radius 3 is 1.25 bits per heavy atom. The molecular formula is C59H40N2. The monoisotopic (exact) mass is 776 g/mol. The Kier molecular flexibility index (Phi) is 9.09. The molecule has 0 N–H and O–H groups in total. The highest BCUT2D eigenvalue weighted by atomic mass is 14.9. The Morgan fingerprint density at radius 1 is 0.246 bits per heavy atom. The molecule has 10 aromatic rings. The maximum absolute atomic E-state index is 5.16. The molecule has 0 spiro atoms. The summed E-state index contributed by atoms with van der Waals surface area (Å²) in [6, 6.07) is 87.2. The lowest BCUT2D eigenvalue weighted by atomic mass is 9.67. The summed E-state index contributed by atoms with van der Waals surface area (Å²) in [6.45, 7) is 0. The van der Waals surface area contributed by atoms with Gasteiger partial charge in [-0.25, -0.2) is 9.97 Å². The molecule has 286 valence electrons. The minimum atomic E-state index is -0.449. The minimum absolute atomic E-state index is 0.449. The Labute approximate surface area is 357 Å². The van der Waals surface area contributed by atoms with Gasteiger partial charge in [0.1, 0.15) is 0 Å². The van der Waals surface area contributed by atoms with E-state index in [0.29, 0.717) is 5.82 Å². The predicted molar refractivity (Wildman–Crippen MR) is 252 cm³/mol. The van der Waals surface area contributed by atoms with Gasteiger partial charge in [0.25, 0.3) is 0 Å². The first-order chi connectivity index (χ1) is 30.2. The molecule has 1 aliphatic rings. The first kappa shape index (κ1) is 36.2. The fraction of sp³-hybridized carbons (Fsp3) is 0.0169. The van der Waals surface area contributed by atoms with Gasteiger partial charge in [-0.3, -0.25) is 0 Å². The van der Waals surface area contributed by atoms with Crippen LogP contribution in [0.2, 0.25) is 0 Å². The van der Waals surface area contributed by atoms with E-state index in [-0.39, 0.29) is 0 Å². The van der Waals surface area contributed by atoms with Gasteiger partial charge >= 0.3 is 0 Å². The lowest BCUT2D eigenvalue weighted by molar-refractivity contribution is 0.769. The standard InChI is InChI=1S/C59H40N2/c1-4-17-41(18-5-1)42-33-35-43(36-34-42)56-40-57(61-58(60-56)44-19-6-2-7-20-44)49-25-15-23-47(38-49)45-21-14-22-46(37-45)48-24-16-28-51(39-48)59(50-26-8-3-9-27-50)54-31-12-10-29-52(54)53-30-11-13-32-55(53)59/h1-40H. The average Bonchev–Trinajstić information content (AvgIpc) is 3.66. The van der Waals surface area contributed by atoms with Gasteiger partial charge in [-0.15, -0.1) is 0 Å². The second-order valence-corrected chi connectivity index (χ2v) is 15.7. The molecule has 0 aliphatic heterocycles. The molecule has 0 radical (unpaired) electrons. The summed E-state index contributed by atoms with van der Waals surface area (Å²) < 4.78 is 0. The van der Waals surface area contributed by atoms with Crippen LogP contribution in [0.4, 0.5) is 0 Å². The third-order valence-corrected chi connectivity index (χ3v) is 12.2. The van der Waals surface area contributed by atoms with Crippen molar-refractivity contribution in [2.24, 2.45) is 0 Å². The zero-order chi connectivity index (χ0) is 40.6. The Hall–Kier alpha value is -7.94. The second kappa shape index (κ2) is 15.3. The van der Waals surface area contributed by atoms with Gasteiger partial charge in [-0.1, -0.05) is 218 Å². The van der Waals surface area contributed by atoms with E-state index in [4.69, 9.17) is 9.97 Å². The number of aromatic nitrogens is 2. The van der Waals surface area contributed by atoms with E-state index in [1.54, 1.807) is 0 Å². The third kappa shape index (κ3) is 6.46. The maximum Gasteiger partial charge on any atom is 0.160 e. The summed E-state index contributed by atoms with van der Waals surface area (Å²) in [4.78, 5) is 10.3. The lowest BCUT2D eigenvalue weighted by Gasteiger charge is -2.34. The van der Waals surface area contributed by atoms with Gasteiger partial charge in [-0.05, 0) is 91.0 Å². The summed E-state index contributed by atoms with van der Waals surface area (Å²) in [5.41, 5.74) is 19.1. The first-order valence-electron chi connectivity index (χ1n) is 20.9.